The van der Waals surface area contributed by atoms with Gasteiger partial charge < -0.3 is 18.0 Å². The van der Waals surface area contributed by atoms with Gasteiger partial charge in [0, 0.05) is 54.3 Å². The Morgan fingerprint density at radius 3 is 1.60 bits per heavy atom. The zero-order chi connectivity index (χ0) is 37.9. The molecular weight excluding hydrogens is 709 g/mol. The highest BCUT2D eigenvalue weighted by Gasteiger charge is 2.23. The highest BCUT2D eigenvalue weighted by atomic mass is 16.3. The quantitative estimate of drug-likeness (QED) is 0.180. The Hall–Kier alpha value is -7.82. The number of hydrogen-bond donors (Lipinski definition) is 0. The second-order valence-electron chi connectivity index (χ2n) is 15.2. The third kappa shape index (κ3) is 4.34. The van der Waals surface area contributed by atoms with Gasteiger partial charge in [0.05, 0.1) is 27.8 Å². The van der Waals surface area contributed by atoms with E-state index in [4.69, 9.17) is 8.83 Å². The van der Waals surface area contributed by atoms with Gasteiger partial charge >= 0.3 is 0 Å². The first-order chi connectivity index (χ1) is 28.8. The molecule has 0 aliphatic heterocycles. The normalized spacial score (nSPS) is 12.1. The molecule has 0 unspecified atom stereocenters. The van der Waals surface area contributed by atoms with E-state index in [1.54, 1.807) is 0 Å². The summed E-state index contributed by atoms with van der Waals surface area (Å²) in [5, 5.41) is 9.24. The zero-order valence-electron chi connectivity index (χ0n) is 31.2. The molecule has 4 aromatic heterocycles. The molecule has 4 heterocycles. The van der Waals surface area contributed by atoms with Gasteiger partial charge in [-0.2, -0.15) is 0 Å². The third-order valence-electron chi connectivity index (χ3n) is 12.1. The molecule has 9 aromatic carbocycles. The van der Waals surface area contributed by atoms with E-state index in [1.807, 2.05) is 12.1 Å². The van der Waals surface area contributed by atoms with Crippen LogP contribution in [0, 0.1) is 0 Å². The van der Waals surface area contributed by atoms with Crippen LogP contribution in [-0.2, 0) is 0 Å². The lowest BCUT2D eigenvalue weighted by atomic mass is 9.91. The monoisotopic (exact) mass is 740 g/mol. The fourth-order valence-electron chi connectivity index (χ4n) is 9.60. The molecule has 58 heavy (non-hydrogen) atoms. The van der Waals surface area contributed by atoms with Gasteiger partial charge in [-0.25, -0.2) is 0 Å². The predicted octanol–water partition coefficient (Wildman–Crippen LogP) is 15.0. The molecule has 0 saturated heterocycles. The van der Waals surface area contributed by atoms with Crippen molar-refractivity contribution >= 4 is 87.5 Å². The maximum absolute atomic E-state index is 6.74. The lowest BCUT2D eigenvalue weighted by molar-refractivity contribution is 0.666. The van der Waals surface area contributed by atoms with Crippen LogP contribution in [0.15, 0.2) is 203 Å². The van der Waals surface area contributed by atoms with E-state index in [-0.39, 0.29) is 0 Å². The van der Waals surface area contributed by atoms with Gasteiger partial charge in [-0.3, -0.25) is 0 Å². The number of fused-ring (bicyclic) bond motifs is 12. The van der Waals surface area contributed by atoms with Crippen molar-refractivity contribution in [3.8, 4) is 33.6 Å². The Bertz CT molecular complexity index is 3800. The maximum atomic E-state index is 6.74. The second-order valence-corrected chi connectivity index (χ2v) is 15.2. The molecular formula is C54H32N2O2. The first kappa shape index (κ1) is 31.4. The molecule has 270 valence electrons. The largest absolute Gasteiger partial charge is 0.455 e. The number of hydrogen-bond acceptors (Lipinski definition) is 2. The molecule has 0 atom stereocenters. The van der Waals surface area contributed by atoms with Crippen LogP contribution >= 0.6 is 0 Å². The predicted molar refractivity (Wildman–Crippen MR) is 241 cm³/mol. The smallest absolute Gasteiger partial charge is 0.159 e. The molecule has 0 saturated carbocycles. The van der Waals surface area contributed by atoms with E-state index in [1.165, 1.54) is 27.1 Å². The van der Waals surface area contributed by atoms with Crippen molar-refractivity contribution in [2.24, 2.45) is 0 Å². The molecule has 0 radical (unpaired) electrons. The van der Waals surface area contributed by atoms with Crippen LogP contribution in [0.4, 0.5) is 0 Å². The van der Waals surface area contributed by atoms with Crippen LogP contribution in [0.3, 0.4) is 0 Å². The second kappa shape index (κ2) is 11.8. The van der Waals surface area contributed by atoms with Gasteiger partial charge in [-0.05, 0) is 77.4 Å². The number of furan rings is 2. The molecule has 0 N–H and O–H groups in total. The Morgan fingerprint density at radius 2 is 0.845 bits per heavy atom. The van der Waals surface area contributed by atoms with Crippen molar-refractivity contribution in [1.82, 2.24) is 9.13 Å². The summed E-state index contributed by atoms with van der Waals surface area (Å²) in [6.07, 6.45) is 0. The molecule has 0 aliphatic rings. The van der Waals surface area contributed by atoms with Crippen molar-refractivity contribution in [1.29, 1.82) is 0 Å². The minimum absolute atomic E-state index is 0.878. The summed E-state index contributed by atoms with van der Waals surface area (Å²) in [4.78, 5) is 0. The van der Waals surface area contributed by atoms with Crippen molar-refractivity contribution in [3.63, 3.8) is 0 Å². The topological polar surface area (TPSA) is 36.1 Å². The maximum Gasteiger partial charge on any atom is 0.159 e. The van der Waals surface area contributed by atoms with E-state index in [0.717, 1.165) is 94.1 Å². The van der Waals surface area contributed by atoms with E-state index < -0.39 is 0 Å². The Kier molecular flexibility index (Phi) is 6.41. The molecule has 0 fully saturated rings. The highest BCUT2D eigenvalue weighted by molar-refractivity contribution is 6.17. The molecule has 4 nitrogen and oxygen atoms in total. The Labute approximate surface area is 332 Å². The van der Waals surface area contributed by atoms with Crippen LogP contribution in [0.5, 0.6) is 0 Å². The fourth-order valence-corrected chi connectivity index (χ4v) is 9.60. The Balaban J connectivity index is 1.16. The zero-order valence-corrected chi connectivity index (χ0v) is 31.2. The molecule has 13 rings (SSSR count). The van der Waals surface area contributed by atoms with Crippen molar-refractivity contribution in [2.45, 2.75) is 0 Å². The van der Waals surface area contributed by atoms with Gasteiger partial charge in [0.2, 0.25) is 0 Å². The van der Waals surface area contributed by atoms with Crippen molar-refractivity contribution < 1.29 is 8.83 Å². The molecule has 4 heteroatoms. The van der Waals surface area contributed by atoms with E-state index in [0.29, 0.717) is 0 Å². The number of para-hydroxylation sites is 7. The number of benzene rings is 9. The summed E-state index contributed by atoms with van der Waals surface area (Å²) in [5.41, 5.74) is 14.7. The Morgan fingerprint density at radius 1 is 0.293 bits per heavy atom. The van der Waals surface area contributed by atoms with Crippen LogP contribution in [0.1, 0.15) is 0 Å². The first-order valence-corrected chi connectivity index (χ1v) is 19.8. The molecule has 0 aliphatic carbocycles. The summed E-state index contributed by atoms with van der Waals surface area (Å²) < 4.78 is 18.2. The summed E-state index contributed by atoms with van der Waals surface area (Å²) >= 11 is 0. The van der Waals surface area contributed by atoms with Gasteiger partial charge in [0.1, 0.15) is 16.7 Å². The third-order valence-corrected chi connectivity index (χ3v) is 12.1. The lowest BCUT2D eigenvalue weighted by Gasteiger charge is -2.15. The summed E-state index contributed by atoms with van der Waals surface area (Å²) in [6.45, 7) is 0. The molecule has 0 bridgehead atoms. The minimum atomic E-state index is 0.878. The number of nitrogens with zero attached hydrogens (tertiary/aromatic N) is 2. The SMILES string of the molecule is c1ccc(-n2c3ccccc3c3cc(-c4cccc5c4oc4ccccc45)c(-c4ccc5c6ccccc6n(-c6cccc7c6oc6ccccc67)c5c4)cc32)cc1. The standard InChI is InChI=1S/C54H32N2O2/c1-2-14-34(15-3-1)55-46-23-8-5-17-36(46)45-31-44(42-21-12-20-40-38-18-6-10-26-51(38)57-53(40)42)43(32-50(45)55)33-28-29-37-35-16-4-9-24-47(35)56(49(37)30-33)48-25-13-22-41-39-19-7-11-27-52(39)58-54(41)48/h1-32H. The van der Waals surface area contributed by atoms with Crippen LogP contribution < -0.4 is 0 Å². The lowest BCUT2D eigenvalue weighted by Crippen LogP contribution is -1.96. The van der Waals surface area contributed by atoms with Gasteiger partial charge in [0.15, 0.2) is 5.58 Å². The average Bonchev–Trinajstić information content (AvgIpc) is 4.04. The van der Waals surface area contributed by atoms with Crippen LogP contribution in [0.25, 0.3) is 121 Å². The van der Waals surface area contributed by atoms with Crippen LogP contribution in [-0.4, -0.2) is 9.13 Å². The van der Waals surface area contributed by atoms with Crippen molar-refractivity contribution in [3.05, 3.63) is 194 Å². The summed E-state index contributed by atoms with van der Waals surface area (Å²) in [7, 11) is 0. The molecule has 0 spiro atoms. The van der Waals surface area contributed by atoms with Gasteiger partial charge in [-0.15, -0.1) is 0 Å². The average molecular weight is 741 g/mol. The minimum Gasteiger partial charge on any atom is -0.455 e. The van der Waals surface area contributed by atoms with E-state index in [9.17, 15) is 0 Å². The highest BCUT2D eigenvalue weighted by Crippen LogP contribution is 2.46. The fraction of sp³-hybridized carbons (Fsp3) is 0. The van der Waals surface area contributed by atoms with Crippen LogP contribution in [0.2, 0.25) is 0 Å². The summed E-state index contributed by atoms with van der Waals surface area (Å²) in [6, 6.07) is 69.6. The van der Waals surface area contributed by atoms with Crippen molar-refractivity contribution in [2.75, 3.05) is 0 Å². The van der Waals surface area contributed by atoms with E-state index in [2.05, 4.69) is 191 Å². The molecule has 13 aromatic rings. The van der Waals surface area contributed by atoms with Gasteiger partial charge in [0.25, 0.3) is 0 Å². The first-order valence-electron chi connectivity index (χ1n) is 19.8. The van der Waals surface area contributed by atoms with Gasteiger partial charge in [-0.1, -0.05) is 133 Å². The molecule has 0 amide bonds. The van der Waals surface area contributed by atoms with E-state index >= 15 is 0 Å². The summed E-state index contributed by atoms with van der Waals surface area (Å²) in [5.74, 6) is 0. The number of aromatic nitrogens is 2. The number of rotatable bonds is 4.